The van der Waals surface area contributed by atoms with Crippen molar-refractivity contribution in [2.75, 3.05) is 18.4 Å². The number of hydrogen-bond acceptors (Lipinski definition) is 7. The van der Waals surface area contributed by atoms with Crippen LogP contribution in [0.4, 0.5) is 5.82 Å². The van der Waals surface area contributed by atoms with Crippen LogP contribution in [0, 0.1) is 20.8 Å². The molecule has 160 valence electrons. The summed E-state index contributed by atoms with van der Waals surface area (Å²) in [5.41, 5.74) is 4.50. The molecule has 0 radical (unpaired) electrons. The lowest BCUT2D eigenvalue weighted by Crippen LogP contribution is -2.30. The maximum Gasteiger partial charge on any atom is 0.269 e. The summed E-state index contributed by atoms with van der Waals surface area (Å²) >= 11 is 1.60. The van der Waals surface area contributed by atoms with Crippen LogP contribution in [-0.2, 0) is 7.05 Å². The van der Waals surface area contributed by atoms with E-state index in [1.807, 2.05) is 50.4 Å². The SMILES string of the molecule is Cc1nn(-c2ccc(NCCNC(=O)c3cc(-c4cccs4)nn3C)nn2)c(C)c1C. The zero-order valence-corrected chi connectivity index (χ0v) is 18.7. The zero-order chi connectivity index (χ0) is 22.0. The van der Waals surface area contributed by atoms with E-state index >= 15 is 0 Å². The number of aryl methyl sites for hydroxylation is 2. The second-order valence-corrected chi connectivity index (χ2v) is 8.13. The Labute approximate surface area is 184 Å². The van der Waals surface area contributed by atoms with Gasteiger partial charge in [-0.25, -0.2) is 4.68 Å². The van der Waals surface area contributed by atoms with Gasteiger partial charge in [-0.05, 0) is 56.0 Å². The highest BCUT2D eigenvalue weighted by molar-refractivity contribution is 7.13. The molecule has 1 amide bonds. The molecule has 0 aromatic carbocycles. The average Bonchev–Trinajstić information content (AvgIpc) is 3.49. The number of nitrogens with one attached hydrogen (secondary N) is 2. The normalized spacial score (nSPS) is 11.0. The summed E-state index contributed by atoms with van der Waals surface area (Å²) in [4.78, 5) is 13.5. The van der Waals surface area contributed by atoms with Gasteiger partial charge in [0.05, 0.1) is 10.6 Å². The number of carbonyl (C=O) groups excluding carboxylic acids is 1. The largest absolute Gasteiger partial charge is 0.367 e. The summed E-state index contributed by atoms with van der Waals surface area (Å²) in [6, 6.07) is 9.48. The summed E-state index contributed by atoms with van der Waals surface area (Å²) in [5.74, 6) is 1.14. The predicted molar refractivity (Wildman–Crippen MR) is 121 cm³/mol. The van der Waals surface area contributed by atoms with Crippen molar-refractivity contribution >= 4 is 23.1 Å². The van der Waals surface area contributed by atoms with Crippen LogP contribution in [0.25, 0.3) is 16.4 Å². The Hall–Kier alpha value is -3.53. The minimum atomic E-state index is -0.166. The maximum atomic E-state index is 12.5. The Morgan fingerprint density at radius 3 is 2.58 bits per heavy atom. The smallest absolute Gasteiger partial charge is 0.269 e. The molecule has 0 saturated carbocycles. The summed E-state index contributed by atoms with van der Waals surface area (Å²) in [6.45, 7) is 7.00. The van der Waals surface area contributed by atoms with Gasteiger partial charge in [0, 0.05) is 25.8 Å². The summed E-state index contributed by atoms with van der Waals surface area (Å²) in [6.07, 6.45) is 0. The molecule has 0 aliphatic carbocycles. The molecule has 0 bridgehead atoms. The maximum absolute atomic E-state index is 12.5. The quantitative estimate of drug-likeness (QED) is 0.432. The van der Waals surface area contributed by atoms with Crippen molar-refractivity contribution in [1.29, 1.82) is 0 Å². The van der Waals surface area contributed by atoms with Crippen molar-refractivity contribution in [1.82, 2.24) is 35.1 Å². The number of anilines is 1. The third kappa shape index (κ3) is 4.33. The van der Waals surface area contributed by atoms with Gasteiger partial charge in [-0.1, -0.05) is 6.07 Å². The highest BCUT2D eigenvalue weighted by Gasteiger charge is 2.14. The molecular weight excluding hydrogens is 412 g/mol. The molecule has 10 heteroatoms. The van der Waals surface area contributed by atoms with E-state index < -0.39 is 0 Å². The van der Waals surface area contributed by atoms with Gasteiger partial charge in [-0.15, -0.1) is 21.5 Å². The van der Waals surface area contributed by atoms with Crippen LogP contribution in [0.3, 0.4) is 0 Å². The van der Waals surface area contributed by atoms with E-state index in [9.17, 15) is 4.79 Å². The van der Waals surface area contributed by atoms with Crippen LogP contribution in [0.5, 0.6) is 0 Å². The van der Waals surface area contributed by atoms with Crippen LogP contribution in [0.15, 0.2) is 35.7 Å². The summed E-state index contributed by atoms with van der Waals surface area (Å²) < 4.78 is 3.39. The van der Waals surface area contributed by atoms with Crippen molar-refractivity contribution < 1.29 is 4.79 Å². The third-order valence-electron chi connectivity index (χ3n) is 5.12. The first-order chi connectivity index (χ1) is 14.9. The van der Waals surface area contributed by atoms with Crippen LogP contribution in [0.1, 0.15) is 27.4 Å². The van der Waals surface area contributed by atoms with Gasteiger partial charge in [0.25, 0.3) is 5.91 Å². The third-order valence-corrected chi connectivity index (χ3v) is 6.02. The lowest BCUT2D eigenvalue weighted by Gasteiger charge is -2.08. The van der Waals surface area contributed by atoms with Gasteiger partial charge < -0.3 is 10.6 Å². The molecule has 4 aromatic rings. The van der Waals surface area contributed by atoms with Gasteiger partial charge in [-0.2, -0.15) is 10.2 Å². The Balaban J connectivity index is 1.30. The molecule has 4 aromatic heterocycles. The molecule has 9 nitrogen and oxygen atoms in total. The Morgan fingerprint density at radius 2 is 1.94 bits per heavy atom. The fourth-order valence-corrected chi connectivity index (χ4v) is 3.84. The van der Waals surface area contributed by atoms with E-state index in [1.165, 1.54) is 0 Å². The second-order valence-electron chi connectivity index (χ2n) is 7.18. The van der Waals surface area contributed by atoms with E-state index in [1.54, 1.807) is 33.8 Å². The molecule has 0 fully saturated rings. The summed E-state index contributed by atoms with van der Waals surface area (Å²) in [5, 5.41) is 25.4. The number of carbonyl (C=O) groups is 1. The van der Waals surface area contributed by atoms with Gasteiger partial charge in [0.1, 0.15) is 17.2 Å². The topological polar surface area (TPSA) is 103 Å². The fraction of sp³-hybridized carbons (Fsp3) is 0.286. The minimum absolute atomic E-state index is 0.166. The predicted octanol–water partition coefficient (Wildman–Crippen LogP) is 2.89. The first-order valence-corrected chi connectivity index (χ1v) is 10.8. The lowest BCUT2D eigenvalue weighted by atomic mass is 10.2. The molecule has 0 saturated heterocycles. The van der Waals surface area contributed by atoms with Crippen molar-refractivity contribution in [3.8, 4) is 16.4 Å². The van der Waals surface area contributed by atoms with E-state index in [0.717, 1.165) is 27.5 Å². The fourth-order valence-electron chi connectivity index (χ4n) is 3.16. The molecular formula is C21H24N8OS. The molecule has 4 rings (SSSR count). The molecule has 0 aliphatic rings. The Kier molecular flexibility index (Phi) is 5.81. The number of amides is 1. The molecule has 0 atom stereocenters. The number of nitrogens with zero attached hydrogens (tertiary/aromatic N) is 6. The van der Waals surface area contributed by atoms with Crippen molar-refractivity contribution in [2.24, 2.45) is 7.05 Å². The monoisotopic (exact) mass is 436 g/mol. The molecule has 0 aliphatic heterocycles. The molecule has 2 N–H and O–H groups in total. The molecule has 0 spiro atoms. The molecule has 0 unspecified atom stereocenters. The number of aromatic nitrogens is 6. The Bertz CT molecular complexity index is 1190. The van der Waals surface area contributed by atoms with E-state index in [4.69, 9.17) is 0 Å². The van der Waals surface area contributed by atoms with Crippen LogP contribution in [0.2, 0.25) is 0 Å². The number of hydrogen-bond donors (Lipinski definition) is 2. The van der Waals surface area contributed by atoms with Gasteiger partial charge in [0.15, 0.2) is 5.82 Å². The van der Waals surface area contributed by atoms with Crippen LogP contribution >= 0.6 is 11.3 Å². The first kappa shape index (κ1) is 20.7. The Morgan fingerprint density at radius 1 is 1.10 bits per heavy atom. The number of rotatable bonds is 7. The van der Waals surface area contributed by atoms with Crippen molar-refractivity contribution in [3.63, 3.8) is 0 Å². The van der Waals surface area contributed by atoms with Gasteiger partial charge >= 0.3 is 0 Å². The van der Waals surface area contributed by atoms with E-state index in [0.29, 0.717) is 30.4 Å². The lowest BCUT2D eigenvalue weighted by molar-refractivity contribution is 0.0946. The van der Waals surface area contributed by atoms with E-state index in [-0.39, 0.29) is 5.91 Å². The van der Waals surface area contributed by atoms with Crippen molar-refractivity contribution in [2.45, 2.75) is 20.8 Å². The first-order valence-electron chi connectivity index (χ1n) is 9.91. The van der Waals surface area contributed by atoms with Gasteiger partial charge in [-0.3, -0.25) is 9.48 Å². The highest BCUT2D eigenvalue weighted by atomic mass is 32.1. The number of thiophene rings is 1. The summed E-state index contributed by atoms with van der Waals surface area (Å²) in [7, 11) is 1.77. The molecule has 31 heavy (non-hydrogen) atoms. The average molecular weight is 437 g/mol. The van der Waals surface area contributed by atoms with Crippen molar-refractivity contribution in [3.05, 3.63) is 58.4 Å². The van der Waals surface area contributed by atoms with Crippen LogP contribution < -0.4 is 10.6 Å². The van der Waals surface area contributed by atoms with Gasteiger partial charge in [0.2, 0.25) is 0 Å². The molecule has 4 heterocycles. The van der Waals surface area contributed by atoms with Crippen LogP contribution in [-0.4, -0.2) is 48.8 Å². The second kappa shape index (κ2) is 8.68. The highest BCUT2D eigenvalue weighted by Crippen LogP contribution is 2.23. The zero-order valence-electron chi connectivity index (χ0n) is 17.9. The standard InChI is InChI=1S/C21H24N8OS/c1-13-14(2)26-29(15(13)3)20-8-7-19(24-25-20)22-9-10-23-21(30)17-12-16(27-28(17)4)18-6-5-11-31-18/h5-8,11-12H,9-10H2,1-4H3,(H,22,24)(H,23,30). The van der Waals surface area contributed by atoms with E-state index in [2.05, 4.69) is 31.0 Å². The minimum Gasteiger partial charge on any atom is -0.367 e.